The van der Waals surface area contributed by atoms with Crippen molar-refractivity contribution in [2.75, 3.05) is 19.8 Å². The summed E-state index contributed by atoms with van der Waals surface area (Å²) >= 11 is 0. The summed E-state index contributed by atoms with van der Waals surface area (Å²) in [6.45, 7) is 2.93. The van der Waals surface area contributed by atoms with Gasteiger partial charge in [0.15, 0.2) is 0 Å². The fraction of sp³-hybridized carbons (Fsp3) is 0.368. The molecule has 4 heteroatoms. The van der Waals surface area contributed by atoms with Crippen molar-refractivity contribution in [3.8, 4) is 16.9 Å². The van der Waals surface area contributed by atoms with E-state index in [2.05, 4.69) is 12.1 Å². The van der Waals surface area contributed by atoms with Crippen molar-refractivity contribution >= 4 is 0 Å². The summed E-state index contributed by atoms with van der Waals surface area (Å²) in [5.41, 5.74) is 2.31. The van der Waals surface area contributed by atoms with Gasteiger partial charge in [0.05, 0.1) is 6.61 Å². The Morgan fingerprint density at radius 1 is 1.00 bits per heavy atom. The van der Waals surface area contributed by atoms with Crippen molar-refractivity contribution < 1.29 is 20.3 Å². The lowest BCUT2D eigenvalue weighted by Crippen LogP contribution is -2.92. The highest BCUT2D eigenvalue weighted by molar-refractivity contribution is 5.63. The molecule has 4 N–H and O–H groups in total. The predicted octanol–water partition coefficient (Wildman–Crippen LogP) is 1.43. The van der Waals surface area contributed by atoms with Gasteiger partial charge in [0.25, 0.3) is 0 Å². The lowest BCUT2D eigenvalue weighted by Gasteiger charge is -2.15. The van der Waals surface area contributed by atoms with Gasteiger partial charge in [-0.25, -0.2) is 0 Å². The zero-order valence-corrected chi connectivity index (χ0v) is 13.6. The highest BCUT2D eigenvalue weighted by Gasteiger charge is 2.12. The number of ether oxygens (including phenoxy) is 1. The van der Waals surface area contributed by atoms with Gasteiger partial charge in [-0.15, -0.1) is 0 Å². The third kappa shape index (κ3) is 5.67. The molecule has 0 saturated carbocycles. The zero-order chi connectivity index (χ0) is 16.5. The normalized spacial score (nSPS) is 13.5. The predicted molar refractivity (Wildman–Crippen MR) is 91.3 cm³/mol. The van der Waals surface area contributed by atoms with Crippen molar-refractivity contribution in [1.82, 2.24) is 0 Å². The van der Waals surface area contributed by atoms with E-state index in [1.165, 1.54) is 5.56 Å². The van der Waals surface area contributed by atoms with Gasteiger partial charge in [-0.1, -0.05) is 49.4 Å². The van der Waals surface area contributed by atoms with Crippen molar-refractivity contribution in [3.63, 3.8) is 0 Å². The van der Waals surface area contributed by atoms with Crippen LogP contribution in [0.25, 0.3) is 11.1 Å². The SMILES string of the molecule is CC[C@@H](CO)[NH2+]C[C@@H](O)COc1ccc(-c2ccccc2)cc1. The molecule has 4 nitrogen and oxygen atoms in total. The highest BCUT2D eigenvalue weighted by atomic mass is 16.5. The van der Waals surface area contributed by atoms with Crippen LogP contribution < -0.4 is 10.1 Å². The van der Waals surface area contributed by atoms with Crippen LogP contribution in [0.3, 0.4) is 0 Å². The molecule has 0 amide bonds. The van der Waals surface area contributed by atoms with Crippen molar-refractivity contribution in [3.05, 3.63) is 54.6 Å². The molecule has 0 spiro atoms. The summed E-state index contributed by atoms with van der Waals surface area (Å²) < 4.78 is 5.63. The Hall–Kier alpha value is -1.88. The van der Waals surface area contributed by atoms with Gasteiger partial charge in [0, 0.05) is 0 Å². The molecule has 2 atom stereocenters. The van der Waals surface area contributed by atoms with E-state index >= 15 is 0 Å². The Kier molecular flexibility index (Phi) is 7.07. The van der Waals surface area contributed by atoms with Gasteiger partial charge in [-0.2, -0.15) is 0 Å². The molecule has 0 bridgehead atoms. The quantitative estimate of drug-likeness (QED) is 0.656. The topological polar surface area (TPSA) is 66.3 Å². The fourth-order valence-electron chi connectivity index (χ4n) is 2.35. The number of nitrogens with two attached hydrogens (primary N) is 1. The van der Waals surface area contributed by atoms with Crippen molar-refractivity contribution in [1.29, 1.82) is 0 Å². The van der Waals surface area contributed by atoms with E-state index in [1.807, 2.05) is 54.7 Å². The number of rotatable bonds is 9. The van der Waals surface area contributed by atoms with E-state index in [0.717, 1.165) is 17.7 Å². The minimum atomic E-state index is -0.551. The Balaban J connectivity index is 1.80. The number of quaternary nitrogens is 1. The van der Waals surface area contributed by atoms with Crippen LogP contribution in [0.5, 0.6) is 5.75 Å². The Morgan fingerprint density at radius 3 is 2.26 bits per heavy atom. The number of benzene rings is 2. The summed E-state index contributed by atoms with van der Waals surface area (Å²) in [6, 6.07) is 18.2. The molecule has 0 heterocycles. The monoisotopic (exact) mass is 316 g/mol. The summed E-state index contributed by atoms with van der Waals surface area (Å²) in [5, 5.41) is 21.0. The number of hydrogen-bond donors (Lipinski definition) is 3. The lowest BCUT2D eigenvalue weighted by atomic mass is 10.1. The average Bonchev–Trinajstić information content (AvgIpc) is 2.62. The first-order chi connectivity index (χ1) is 11.2. The minimum Gasteiger partial charge on any atom is -0.491 e. The van der Waals surface area contributed by atoms with Crippen LogP contribution in [0, 0.1) is 0 Å². The van der Waals surface area contributed by atoms with Crippen molar-refractivity contribution in [2.45, 2.75) is 25.5 Å². The largest absolute Gasteiger partial charge is 0.491 e. The van der Waals surface area contributed by atoms with Crippen molar-refractivity contribution in [2.24, 2.45) is 0 Å². The third-order valence-corrected chi connectivity index (χ3v) is 3.90. The highest BCUT2D eigenvalue weighted by Crippen LogP contribution is 2.21. The average molecular weight is 316 g/mol. The maximum absolute atomic E-state index is 9.95. The maximum Gasteiger partial charge on any atom is 0.137 e. The van der Waals surface area contributed by atoms with Gasteiger partial charge >= 0.3 is 0 Å². The van der Waals surface area contributed by atoms with Crippen LogP contribution in [-0.4, -0.2) is 42.1 Å². The molecule has 2 aromatic rings. The second kappa shape index (κ2) is 9.30. The smallest absolute Gasteiger partial charge is 0.137 e. The van der Waals surface area contributed by atoms with E-state index in [4.69, 9.17) is 9.84 Å². The van der Waals surface area contributed by atoms with E-state index in [0.29, 0.717) is 6.54 Å². The van der Waals surface area contributed by atoms with Gasteiger partial charge in [0.1, 0.15) is 31.0 Å². The lowest BCUT2D eigenvalue weighted by molar-refractivity contribution is -0.696. The molecule has 0 aliphatic carbocycles. The third-order valence-electron chi connectivity index (χ3n) is 3.90. The number of aliphatic hydroxyl groups is 2. The molecule has 0 unspecified atom stereocenters. The molecule has 0 saturated heterocycles. The molecule has 0 radical (unpaired) electrons. The summed E-state index contributed by atoms with van der Waals surface area (Å²) in [5.74, 6) is 0.748. The molecule has 2 rings (SSSR count). The van der Waals surface area contributed by atoms with E-state index < -0.39 is 6.10 Å². The summed E-state index contributed by atoms with van der Waals surface area (Å²) in [7, 11) is 0. The first kappa shape index (κ1) is 17.5. The minimum absolute atomic E-state index is 0.130. The van der Waals surface area contributed by atoms with E-state index in [-0.39, 0.29) is 19.3 Å². The number of hydrogen-bond acceptors (Lipinski definition) is 3. The molecule has 23 heavy (non-hydrogen) atoms. The molecular formula is C19H26NO3+. The second-order valence-electron chi connectivity index (χ2n) is 5.68. The molecule has 2 aromatic carbocycles. The van der Waals surface area contributed by atoms with Gasteiger partial charge < -0.3 is 20.3 Å². The Bertz CT molecular complexity index is 553. The maximum atomic E-state index is 9.95. The van der Waals surface area contributed by atoms with Crippen LogP contribution in [0.2, 0.25) is 0 Å². The molecular weight excluding hydrogens is 290 g/mol. The molecule has 124 valence electrons. The second-order valence-corrected chi connectivity index (χ2v) is 5.68. The van der Waals surface area contributed by atoms with Crippen LogP contribution in [-0.2, 0) is 0 Å². The number of aliphatic hydroxyl groups excluding tert-OH is 2. The standard InChI is InChI=1S/C19H25NO3/c1-2-17(13-21)20-12-18(22)14-23-19-10-8-16(9-11-19)15-6-4-3-5-7-15/h3-11,17-18,20-22H,2,12-14H2,1H3/p+1/t17-,18+/m0/s1. The Labute approximate surface area is 137 Å². The van der Waals surface area contributed by atoms with E-state index in [9.17, 15) is 5.11 Å². The fourth-order valence-corrected chi connectivity index (χ4v) is 2.35. The first-order valence-electron chi connectivity index (χ1n) is 8.13. The van der Waals surface area contributed by atoms with Gasteiger partial charge in [0.2, 0.25) is 0 Å². The summed E-state index contributed by atoms with van der Waals surface area (Å²) in [4.78, 5) is 0. The summed E-state index contributed by atoms with van der Waals surface area (Å²) in [6.07, 6.45) is 0.329. The van der Waals surface area contributed by atoms with Gasteiger partial charge in [-0.05, 0) is 29.7 Å². The van der Waals surface area contributed by atoms with Gasteiger partial charge in [-0.3, -0.25) is 0 Å². The zero-order valence-electron chi connectivity index (χ0n) is 13.6. The van der Waals surface area contributed by atoms with Crippen LogP contribution in [0.15, 0.2) is 54.6 Å². The molecule has 0 aliphatic heterocycles. The first-order valence-corrected chi connectivity index (χ1v) is 8.13. The van der Waals surface area contributed by atoms with Crippen LogP contribution in [0.1, 0.15) is 13.3 Å². The molecule has 0 aliphatic rings. The molecule has 0 fully saturated rings. The molecule has 0 aromatic heterocycles. The van der Waals surface area contributed by atoms with Crippen LogP contribution in [0.4, 0.5) is 0 Å². The Morgan fingerprint density at radius 2 is 1.65 bits per heavy atom. The van der Waals surface area contributed by atoms with E-state index in [1.54, 1.807) is 0 Å². The van der Waals surface area contributed by atoms with Crippen LogP contribution >= 0.6 is 0 Å².